The standard InChI is InChI=1S/C18H24N4O4/c1-12-6-5-7-13(10-12)22-11-15(20-21-22)16(23)19-14(17(24)25)8-9-26-18(2,3)4/h5-7,10-11,14H,8-9H2,1-4H3,(H,19,23)(H,24,25). The summed E-state index contributed by atoms with van der Waals surface area (Å²) in [5.41, 5.74) is 1.50. The van der Waals surface area contributed by atoms with Crippen molar-refractivity contribution in [1.82, 2.24) is 20.3 Å². The van der Waals surface area contributed by atoms with Crippen LogP contribution in [0.4, 0.5) is 0 Å². The van der Waals surface area contributed by atoms with E-state index in [2.05, 4.69) is 15.6 Å². The fourth-order valence-corrected chi connectivity index (χ4v) is 2.24. The van der Waals surface area contributed by atoms with Gasteiger partial charge in [-0.1, -0.05) is 17.3 Å². The van der Waals surface area contributed by atoms with Gasteiger partial charge in [0, 0.05) is 13.0 Å². The van der Waals surface area contributed by atoms with Gasteiger partial charge in [0.1, 0.15) is 6.04 Å². The Bertz CT molecular complexity index is 779. The third kappa shape index (κ3) is 5.66. The Balaban J connectivity index is 2.02. The van der Waals surface area contributed by atoms with Crippen LogP contribution in [-0.4, -0.2) is 50.2 Å². The van der Waals surface area contributed by atoms with E-state index in [-0.39, 0.29) is 24.3 Å². The topological polar surface area (TPSA) is 106 Å². The largest absolute Gasteiger partial charge is 0.480 e. The molecule has 2 rings (SSSR count). The molecule has 0 aliphatic heterocycles. The number of ether oxygens (including phenoxy) is 1. The molecule has 0 spiro atoms. The summed E-state index contributed by atoms with van der Waals surface area (Å²) in [4.78, 5) is 23.7. The number of aliphatic carboxylic acids is 1. The Morgan fingerprint density at radius 2 is 2.08 bits per heavy atom. The number of aromatic nitrogens is 3. The average Bonchev–Trinajstić information content (AvgIpc) is 3.02. The van der Waals surface area contributed by atoms with Gasteiger partial charge in [-0.2, -0.15) is 0 Å². The van der Waals surface area contributed by atoms with Crippen LogP contribution in [0.2, 0.25) is 0 Å². The zero-order chi connectivity index (χ0) is 19.3. The van der Waals surface area contributed by atoms with Crippen LogP contribution < -0.4 is 5.32 Å². The van der Waals surface area contributed by atoms with Crippen molar-refractivity contribution in [3.05, 3.63) is 41.7 Å². The van der Waals surface area contributed by atoms with Gasteiger partial charge in [-0.05, 0) is 45.4 Å². The van der Waals surface area contributed by atoms with Gasteiger partial charge in [-0.25, -0.2) is 9.48 Å². The van der Waals surface area contributed by atoms with Gasteiger partial charge < -0.3 is 15.2 Å². The number of rotatable bonds is 7. The van der Waals surface area contributed by atoms with Crippen LogP contribution in [0.15, 0.2) is 30.5 Å². The molecule has 8 nitrogen and oxygen atoms in total. The third-order valence-electron chi connectivity index (χ3n) is 3.54. The molecule has 1 aromatic heterocycles. The molecule has 0 aliphatic carbocycles. The zero-order valence-corrected chi connectivity index (χ0v) is 15.4. The van der Waals surface area contributed by atoms with Gasteiger partial charge in [0.25, 0.3) is 5.91 Å². The summed E-state index contributed by atoms with van der Waals surface area (Å²) in [7, 11) is 0. The van der Waals surface area contributed by atoms with Crippen molar-refractivity contribution < 1.29 is 19.4 Å². The maximum absolute atomic E-state index is 12.3. The van der Waals surface area contributed by atoms with Crippen molar-refractivity contribution in [2.75, 3.05) is 6.61 Å². The van der Waals surface area contributed by atoms with Crippen LogP contribution in [-0.2, 0) is 9.53 Å². The van der Waals surface area contributed by atoms with E-state index in [1.165, 1.54) is 10.9 Å². The van der Waals surface area contributed by atoms with E-state index in [1.54, 1.807) is 0 Å². The second-order valence-electron chi connectivity index (χ2n) is 7.00. The summed E-state index contributed by atoms with van der Waals surface area (Å²) in [5, 5.41) is 19.5. The highest BCUT2D eigenvalue weighted by molar-refractivity contribution is 5.94. The average molecular weight is 360 g/mol. The Kier molecular flexibility index (Phi) is 6.10. The molecule has 1 heterocycles. The van der Waals surface area contributed by atoms with E-state index in [1.807, 2.05) is 52.0 Å². The molecule has 2 aromatic rings. The molecule has 2 N–H and O–H groups in total. The Hall–Kier alpha value is -2.74. The van der Waals surface area contributed by atoms with Crippen molar-refractivity contribution in [2.45, 2.75) is 45.8 Å². The Morgan fingerprint density at radius 3 is 2.69 bits per heavy atom. The smallest absolute Gasteiger partial charge is 0.326 e. The fraction of sp³-hybridized carbons (Fsp3) is 0.444. The van der Waals surface area contributed by atoms with Crippen LogP contribution >= 0.6 is 0 Å². The third-order valence-corrected chi connectivity index (χ3v) is 3.54. The second kappa shape index (κ2) is 8.09. The van der Waals surface area contributed by atoms with Crippen LogP contribution in [0.25, 0.3) is 5.69 Å². The Morgan fingerprint density at radius 1 is 1.35 bits per heavy atom. The number of amides is 1. The first-order chi connectivity index (χ1) is 12.2. The van der Waals surface area contributed by atoms with E-state index in [0.717, 1.165) is 11.3 Å². The molecular weight excluding hydrogens is 336 g/mol. The number of hydrogen-bond acceptors (Lipinski definition) is 5. The number of benzene rings is 1. The summed E-state index contributed by atoms with van der Waals surface area (Å²) in [5.74, 6) is -1.71. The number of carbonyl (C=O) groups is 2. The maximum Gasteiger partial charge on any atom is 0.326 e. The molecule has 1 aromatic carbocycles. The van der Waals surface area contributed by atoms with Crippen molar-refractivity contribution in [3.8, 4) is 5.69 Å². The van der Waals surface area contributed by atoms with Gasteiger partial charge in [-0.3, -0.25) is 4.79 Å². The van der Waals surface area contributed by atoms with Crippen molar-refractivity contribution >= 4 is 11.9 Å². The van der Waals surface area contributed by atoms with Crippen molar-refractivity contribution in [3.63, 3.8) is 0 Å². The molecule has 140 valence electrons. The maximum atomic E-state index is 12.3. The summed E-state index contributed by atoms with van der Waals surface area (Å²) < 4.78 is 7.00. The van der Waals surface area contributed by atoms with E-state index in [9.17, 15) is 14.7 Å². The lowest BCUT2D eigenvalue weighted by molar-refractivity contribution is -0.140. The predicted octanol–water partition coefficient (Wildman–Crippen LogP) is 1.96. The minimum Gasteiger partial charge on any atom is -0.480 e. The van der Waals surface area contributed by atoms with Gasteiger partial charge in [0.15, 0.2) is 5.69 Å². The van der Waals surface area contributed by atoms with E-state index < -0.39 is 17.9 Å². The van der Waals surface area contributed by atoms with Crippen molar-refractivity contribution in [1.29, 1.82) is 0 Å². The summed E-state index contributed by atoms with van der Waals surface area (Å²) >= 11 is 0. The first-order valence-corrected chi connectivity index (χ1v) is 8.33. The number of carboxylic acid groups (broad SMARTS) is 1. The first kappa shape index (κ1) is 19.6. The lowest BCUT2D eigenvalue weighted by Crippen LogP contribution is -2.42. The quantitative estimate of drug-likeness (QED) is 0.782. The first-order valence-electron chi connectivity index (χ1n) is 8.33. The highest BCUT2D eigenvalue weighted by Crippen LogP contribution is 2.10. The van der Waals surface area contributed by atoms with Gasteiger partial charge in [-0.15, -0.1) is 5.10 Å². The minimum absolute atomic E-state index is 0.0505. The number of hydrogen-bond donors (Lipinski definition) is 2. The summed E-state index contributed by atoms with van der Waals surface area (Å²) in [6.07, 6.45) is 1.62. The number of carbonyl (C=O) groups excluding carboxylic acids is 1. The fourth-order valence-electron chi connectivity index (χ4n) is 2.24. The highest BCUT2D eigenvalue weighted by Gasteiger charge is 2.23. The predicted molar refractivity (Wildman–Crippen MR) is 95.3 cm³/mol. The van der Waals surface area contributed by atoms with Crippen LogP contribution in [0, 0.1) is 6.92 Å². The molecule has 0 saturated carbocycles. The lowest BCUT2D eigenvalue weighted by atomic mass is 10.1. The van der Waals surface area contributed by atoms with Crippen LogP contribution in [0.3, 0.4) is 0 Å². The number of nitrogens with one attached hydrogen (secondary N) is 1. The van der Waals surface area contributed by atoms with Crippen LogP contribution in [0.5, 0.6) is 0 Å². The summed E-state index contributed by atoms with van der Waals surface area (Å²) in [6.45, 7) is 7.81. The van der Waals surface area contributed by atoms with E-state index in [0.29, 0.717) is 0 Å². The summed E-state index contributed by atoms with van der Waals surface area (Å²) in [6, 6.07) is 6.51. The highest BCUT2D eigenvalue weighted by atomic mass is 16.5. The monoisotopic (exact) mass is 360 g/mol. The molecule has 1 amide bonds. The zero-order valence-electron chi connectivity index (χ0n) is 15.4. The SMILES string of the molecule is Cc1cccc(-n2cc(C(=O)NC(CCOC(C)(C)C)C(=O)O)nn2)c1. The van der Waals surface area contributed by atoms with E-state index in [4.69, 9.17) is 4.74 Å². The molecular formula is C18H24N4O4. The Labute approximate surface area is 152 Å². The number of aryl methyl sites for hydroxylation is 1. The lowest BCUT2D eigenvalue weighted by Gasteiger charge is -2.21. The van der Waals surface area contributed by atoms with Crippen LogP contribution in [0.1, 0.15) is 43.2 Å². The number of nitrogens with zero attached hydrogens (tertiary/aromatic N) is 3. The molecule has 8 heteroatoms. The van der Waals surface area contributed by atoms with Gasteiger partial charge in [0.05, 0.1) is 17.5 Å². The van der Waals surface area contributed by atoms with Gasteiger partial charge >= 0.3 is 5.97 Å². The van der Waals surface area contributed by atoms with Crippen molar-refractivity contribution in [2.24, 2.45) is 0 Å². The molecule has 0 radical (unpaired) electrons. The van der Waals surface area contributed by atoms with Gasteiger partial charge in [0.2, 0.25) is 0 Å². The normalized spacial score (nSPS) is 12.6. The molecule has 1 atom stereocenters. The molecule has 1 unspecified atom stereocenters. The second-order valence-corrected chi connectivity index (χ2v) is 7.00. The molecule has 0 aliphatic rings. The molecule has 26 heavy (non-hydrogen) atoms. The van der Waals surface area contributed by atoms with E-state index >= 15 is 0 Å². The number of carboxylic acids is 1. The molecule has 0 bridgehead atoms. The molecule has 0 fully saturated rings. The minimum atomic E-state index is -1.12. The molecule has 0 saturated heterocycles.